The summed E-state index contributed by atoms with van der Waals surface area (Å²) in [6.07, 6.45) is -0.814. The predicted molar refractivity (Wildman–Crippen MR) is 118 cm³/mol. The highest BCUT2D eigenvalue weighted by molar-refractivity contribution is 5.80. The van der Waals surface area contributed by atoms with Crippen LogP contribution in [-0.2, 0) is 0 Å². The summed E-state index contributed by atoms with van der Waals surface area (Å²) in [7, 11) is 0. The van der Waals surface area contributed by atoms with E-state index in [-0.39, 0.29) is 18.4 Å². The van der Waals surface area contributed by atoms with E-state index in [2.05, 4.69) is 15.6 Å². The van der Waals surface area contributed by atoms with Crippen molar-refractivity contribution >= 4 is 5.96 Å². The molecule has 0 radical (unpaired) electrons. The zero-order valence-electron chi connectivity index (χ0n) is 18.1. The monoisotopic (exact) mass is 417 g/mol. The number of halogens is 1. The molecule has 0 aromatic heterocycles. The van der Waals surface area contributed by atoms with Gasteiger partial charge in [0.15, 0.2) is 17.5 Å². The zero-order valence-corrected chi connectivity index (χ0v) is 18.1. The first-order chi connectivity index (χ1) is 14.5. The maximum absolute atomic E-state index is 13.1. The summed E-state index contributed by atoms with van der Waals surface area (Å²) in [5.74, 6) is 1.68. The van der Waals surface area contributed by atoms with Gasteiger partial charge in [-0.2, -0.15) is 0 Å². The fourth-order valence-electron chi connectivity index (χ4n) is 2.91. The molecule has 0 fully saturated rings. The molecule has 0 saturated carbocycles. The average molecular weight is 418 g/mol. The topological polar surface area (TPSA) is 75.1 Å². The van der Waals surface area contributed by atoms with Gasteiger partial charge in [-0.05, 0) is 63.1 Å². The summed E-state index contributed by atoms with van der Waals surface area (Å²) in [6.45, 7) is 9.83. The molecule has 2 atom stereocenters. The third-order valence-corrected chi connectivity index (χ3v) is 4.44. The second-order valence-electron chi connectivity index (χ2n) is 6.73. The van der Waals surface area contributed by atoms with Crippen molar-refractivity contribution in [2.75, 3.05) is 26.3 Å². The van der Waals surface area contributed by atoms with Crippen molar-refractivity contribution in [2.24, 2.45) is 4.99 Å². The second-order valence-corrected chi connectivity index (χ2v) is 6.73. The molecular formula is C23H32FN3O3. The summed E-state index contributed by atoms with van der Waals surface area (Å²) >= 11 is 0. The number of nitrogens with zero attached hydrogens (tertiary/aromatic N) is 1. The van der Waals surface area contributed by atoms with Gasteiger partial charge in [0.25, 0.3) is 0 Å². The quantitative estimate of drug-likeness (QED) is 0.403. The normalized spacial score (nSPS) is 13.5. The molecule has 0 heterocycles. The van der Waals surface area contributed by atoms with E-state index in [1.807, 2.05) is 45.9 Å². The molecule has 0 bridgehead atoms. The fourth-order valence-corrected chi connectivity index (χ4v) is 2.91. The van der Waals surface area contributed by atoms with E-state index in [1.54, 1.807) is 12.1 Å². The number of ether oxygens (including phenoxy) is 2. The summed E-state index contributed by atoms with van der Waals surface area (Å²) in [4.78, 5) is 4.48. The molecule has 0 aliphatic carbocycles. The van der Waals surface area contributed by atoms with E-state index in [0.717, 1.165) is 11.3 Å². The van der Waals surface area contributed by atoms with Gasteiger partial charge in [-0.15, -0.1) is 0 Å². The summed E-state index contributed by atoms with van der Waals surface area (Å²) in [5, 5.41) is 16.9. The van der Waals surface area contributed by atoms with Gasteiger partial charge < -0.3 is 25.2 Å². The Hall–Kier alpha value is -2.80. The summed E-state index contributed by atoms with van der Waals surface area (Å²) in [6, 6.07) is 11.6. The second kappa shape index (κ2) is 12.0. The van der Waals surface area contributed by atoms with Gasteiger partial charge in [-0.25, -0.2) is 4.39 Å². The van der Waals surface area contributed by atoms with Crippen molar-refractivity contribution < 1.29 is 19.0 Å². The Morgan fingerprint density at radius 3 is 2.27 bits per heavy atom. The predicted octanol–water partition coefficient (Wildman–Crippen LogP) is 3.97. The minimum atomic E-state index is -0.814. The number of guanidine groups is 1. The van der Waals surface area contributed by atoms with Crippen LogP contribution in [0.15, 0.2) is 47.5 Å². The Kier molecular flexibility index (Phi) is 9.41. The number of hydrogen-bond acceptors (Lipinski definition) is 4. The van der Waals surface area contributed by atoms with Crippen molar-refractivity contribution in [3.8, 4) is 11.5 Å². The number of aliphatic imine (C=N–C) groups is 1. The van der Waals surface area contributed by atoms with Crippen LogP contribution in [0.4, 0.5) is 4.39 Å². The third kappa shape index (κ3) is 6.91. The van der Waals surface area contributed by atoms with Crippen LogP contribution < -0.4 is 20.1 Å². The van der Waals surface area contributed by atoms with Crippen LogP contribution >= 0.6 is 0 Å². The molecule has 2 aromatic rings. The van der Waals surface area contributed by atoms with Crippen LogP contribution in [0.1, 0.15) is 51.0 Å². The third-order valence-electron chi connectivity index (χ3n) is 4.44. The number of aliphatic hydroxyl groups is 1. The molecule has 2 aromatic carbocycles. The lowest BCUT2D eigenvalue weighted by atomic mass is 10.1. The van der Waals surface area contributed by atoms with E-state index in [9.17, 15) is 9.50 Å². The minimum absolute atomic E-state index is 0.0550. The lowest BCUT2D eigenvalue weighted by molar-refractivity contribution is 0.187. The molecule has 3 N–H and O–H groups in total. The van der Waals surface area contributed by atoms with E-state index in [4.69, 9.17) is 9.47 Å². The first kappa shape index (κ1) is 23.5. The van der Waals surface area contributed by atoms with Crippen LogP contribution in [0.5, 0.6) is 11.5 Å². The van der Waals surface area contributed by atoms with Crippen LogP contribution in [0.25, 0.3) is 0 Å². The molecule has 164 valence electrons. The number of aliphatic hydroxyl groups excluding tert-OH is 1. The van der Waals surface area contributed by atoms with Gasteiger partial charge in [0.2, 0.25) is 0 Å². The van der Waals surface area contributed by atoms with E-state index in [0.29, 0.717) is 37.0 Å². The minimum Gasteiger partial charge on any atom is -0.490 e. The Morgan fingerprint density at radius 2 is 1.63 bits per heavy atom. The zero-order chi connectivity index (χ0) is 21.9. The lowest BCUT2D eigenvalue weighted by Crippen LogP contribution is -2.39. The largest absolute Gasteiger partial charge is 0.490 e. The Labute approximate surface area is 178 Å². The molecule has 7 heteroatoms. The molecule has 2 unspecified atom stereocenters. The molecule has 0 aliphatic rings. The van der Waals surface area contributed by atoms with Gasteiger partial charge in [-0.3, -0.25) is 4.99 Å². The number of hydrogen-bond donors (Lipinski definition) is 3. The molecule has 0 aliphatic heterocycles. The highest BCUT2D eigenvalue weighted by Gasteiger charge is 2.13. The van der Waals surface area contributed by atoms with Gasteiger partial charge in [-0.1, -0.05) is 18.2 Å². The first-order valence-corrected chi connectivity index (χ1v) is 10.4. The van der Waals surface area contributed by atoms with E-state index in [1.165, 1.54) is 12.1 Å². The van der Waals surface area contributed by atoms with E-state index >= 15 is 0 Å². The molecule has 0 saturated heterocycles. The number of benzene rings is 2. The maximum Gasteiger partial charge on any atom is 0.191 e. The van der Waals surface area contributed by atoms with E-state index < -0.39 is 6.10 Å². The van der Waals surface area contributed by atoms with Gasteiger partial charge >= 0.3 is 0 Å². The van der Waals surface area contributed by atoms with Crippen molar-refractivity contribution in [3.05, 3.63) is 59.4 Å². The van der Waals surface area contributed by atoms with Crippen LogP contribution in [0.3, 0.4) is 0 Å². The van der Waals surface area contributed by atoms with Crippen molar-refractivity contribution in [1.82, 2.24) is 10.6 Å². The van der Waals surface area contributed by atoms with Crippen LogP contribution in [0, 0.1) is 5.82 Å². The standard InChI is InChI=1S/C23H32FN3O3/c1-5-25-23(26-15-20(28)17-8-11-19(24)12-9-17)27-16(4)18-10-13-21(29-6-2)22(14-18)30-7-3/h8-14,16,20,28H,5-7,15H2,1-4H3,(H2,25,26,27). The van der Waals surface area contributed by atoms with Gasteiger partial charge in [0.1, 0.15) is 5.82 Å². The van der Waals surface area contributed by atoms with Gasteiger partial charge in [0.05, 0.1) is 31.9 Å². The van der Waals surface area contributed by atoms with Gasteiger partial charge in [0, 0.05) is 6.54 Å². The van der Waals surface area contributed by atoms with Crippen LogP contribution in [0.2, 0.25) is 0 Å². The highest BCUT2D eigenvalue weighted by Crippen LogP contribution is 2.30. The molecular weight excluding hydrogens is 385 g/mol. The van der Waals surface area contributed by atoms with Crippen molar-refractivity contribution in [1.29, 1.82) is 0 Å². The fraction of sp³-hybridized carbons (Fsp3) is 0.435. The Bertz CT molecular complexity index is 812. The molecule has 30 heavy (non-hydrogen) atoms. The first-order valence-electron chi connectivity index (χ1n) is 10.4. The SMILES string of the molecule is CCNC(=NCC(O)c1ccc(F)cc1)NC(C)c1ccc(OCC)c(OCC)c1. The Balaban J connectivity index is 2.10. The number of nitrogens with one attached hydrogen (secondary N) is 2. The van der Waals surface area contributed by atoms with Crippen molar-refractivity contribution in [2.45, 2.75) is 39.8 Å². The molecule has 6 nitrogen and oxygen atoms in total. The smallest absolute Gasteiger partial charge is 0.191 e. The average Bonchev–Trinajstić information content (AvgIpc) is 2.74. The highest BCUT2D eigenvalue weighted by atomic mass is 19.1. The molecule has 0 amide bonds. The Morgan fingerprint density at radius 1 is 1.00 bits per heavy atom. The summed E-state index contributed by atoms with van der Waals surface area (Å²) in [5.41, 5.74) is 1.64. The molecule has 0 spiro atoms. The van der Waals surface area contributed by atoms with Crippen LogP contribution in [-0.4, -0.2) is 37.4 Å². The van der Waals surface area contributed by atoms with Crippen molar-refractivity contribution in [3.63, 3.8) is 0 Å². The number of rotatable bonds is 10. The maximum atomic E-state index is 13.1. The molecule has 2 rings (SSSR count). The summed E-state index contributed by atoms with van der Waals surface area (Å²) < 4.78 is 24.4. The lowest BCUT2D eigenvalue weighted by Gasteiger charge is -2.20.